The Hall–Kier alpha value is -1.64. The molecule has 0 spiro atoms. The van der Waals surface area contributed by atoms with Crippen LogP contribution in [0.2, 0.25) is 0 Å². The molecule has 2 rings (SSSR count). The minimum Gasteiger partial charge on any atom is -0.247 e. The van der Waals surface area contributed by atoms with Crippen LogP contribution in [0.5, 0.6) is 0 Å². The zero-order valence-corrected chi connectivity index (χ0v) is 8.27. The number of benzene rings is 1. The molecule has 0 bridgehead atoms. The molecule has 0 saturated heterocycles. The first-order valence-electron chi connectivity index (χ1n) is 4.80. The Labute approximate surface area is 83.7 Å². The fraction of sp³-hybridized carbons (Fsp3) is 0.273. The molecule has 1 heterocycles. The van der Waals surface area contributed by atoms with E-state index in [9.17, 15) is 0 Å². The lowest BCUT2D eigenvalue weighted by Crippen LogP contribution is -2.17. The monoisotopic (exact) mass is 187 g/mol. The summed E-state index contributed by atoms with van der Waals surface area (Å²) in [6.45, 7) is 7.01. The van der Waals surface area contributed by atoms with E-state index < -0.39 is 0 Å². The quantitative estimate of drug-likeness (QED) is 0.697. The lowest BCUT2D eigenvalue weighted by Gasteiger charge is -2.23. The average Bonchev–Trinajstić information content (AvgIpc) is 2.23. The molecule has 3 nitrogen and oxygen atoms in total. The summed E-state index contributed by atoms with van der Waals surface area (Å²) in [5, 5.41) is 10.1. The van der Waals surface area contributed by atoms with E-state index in [2.05, 4.69) is 23.8 Å². The summed E-state index contributed by atoms with van der Waals surface area (Å²) >= 11 is 0. The van der Waals surface area contributed by atoms with Gasteiger partial charge < -0.3 is 0 Å². The van der Waals surface area contributed by atoms with Gasteiger partial charge in [-0.05, 0) is 12.5 Å². The minimum absolute atomic E-state index is 0.872. The highest BCUT2D eigenvalue weighted by Gasteiger charge is 2.15. The molecule has 14 heavy (non-hydrogen) atoms. The van der Waals surface area contributed by atoms with Crippen LogP contribution in [0.3, 0.4) is 0 Å². The van der Waals surface area contributed by atoms with Gasteiger partial charge in [-0.3, -0.25) is 0 Å². The lowest BCUT2D eigenvalue weighted by atomic mass is 10.1. The average molecular weight is 187 g/mol. The molecule has 0 radical (unpaired) electrons. The van der Waals surface area contributed by atoms with E-state index >= 15 is 0 Å². The number of hydrogen-bond donors (Lipinski definition) is 0. The van der Waals surface area contributed by atoms with Crippen molar-refractivity contribution < 1.29 is 0 Å². The Balaban J connectivity index is 2.35. The first kappa shape index (κ1) is 8.94. The van der Waals surface area contributed by atoms with Crippen LogP contribution in [-0.4, -0.2) is 11.6 Å². The highest BCUT2D eigenvalue weighted by molar-refractivity contribution is 5.72. The molecule has 0 unspecified atom stereocenters. The van der Waals surface area contributed by atoms with Crippen molar-refractivity contribution in [2.24, 2.45) is 10.3 Å². The van der Waals surface area contributed by atoms with Gasteiger partial charge in [-0.25, -0.2) is 5.01 Å². The Kier molecular flexibility index (Phi) is 2.31. The normalized spacial score (nSPS) is 14.4. The number of hydrogen-bond acceptors (Lipinski definition) is 3. The van der Waals surface area contributed by atoms with Gasteiger partial charge in [0.2, 0.25) is 0 Å². The summed E-state index contributed by atoms with van der Waals surface area (Å²) in [7, 11) is 0. The van der Waals surface area contributed by atoms with E-state index in [1.54, 1.807) is 0 Å². The van der Waals surface area contributed by atoms with Crippen molar-refractivity contribution in [3.8, 4) is 0 Å². The van der Waals surface area contributed by atoms with Gasteiger partial charge >= 0.3 is 0 Å². The summed E-state index contributed by atoms with van der Waals surface area (Å²) < 4.78 is 0. The topological polar surface area (TPSA) is 28.0 Å². The van der Waals surface area contributed by atoms with Crippen LogP contribution >= 0.6 is 0 Å². The molecule has 1 aromatic rings. The van der Waals surface area contributed by atoms with Crippen molar-refractivity contribution in [3.05, 3.63) is 36.4 Å². The second kappa shape index (κ2) is 3.62. The summed E-state index contributed by atoms with van der Waals surface area (Å²) in [6, 6.07) is 7.93. The summed E-state index contributed by atoms with van der Waals surface area (Å²) in [5.41, 5.74) is 2.93. The van der Waals surface area contributed by atoms with Crippen LogP contribution < -0.4 is 0 Å². The Morgan fingerprint density at radius 3 is 2.93 bits per heavy atom. The number of rotatable bonds is 2. The second-order valence-corrected chi connectivity index (χ2v) is 3.28. The summed E-state index contributed by atoms with van der Waals surface area (Å²) in [5.74, 6) is 0. The van der Waals surface area contributed by atoms with Gasteiger partial charge in [0.15, 0.2) is 0 Å². The second-order valence-electron chi connectivity index (χ2n) is 3.28. The molecular weight excluding hydrogens is 174 g/mol. The van der Waals surface area contributed by atoms with Crippen LogP contribution in [0.4, 0.5) is 5.69 Å². The molecule has 0 amide bonds. The van der Waals surface area contributed by atoms with Crippen LogP contribution in [0, 0.1) is 0 Å². The van der Waals surface area contributed by atoms with Gasteiger partial charge in [0, 0.05) is 12.1 Å². The van der Waals surface area contributed by atoms with Gasteiger partial charge in [-0.2, -0.15) is 0 Å². The highest BCUT2D eigenvalue weighted by atomic mass is 15.6. The predicted octanol–water partition coefficient (Wildman–Crippen LogP) is 3.38. The van der Waals surface area contributed by atoms with Crippen molar-refractivity contribution >= 4 is 11.4 Å². The molecule has 0 fully saturated rings. The molecule has 3 heteroatoms. The Bertz CT molecular complexity index is 382. The van der Waals surface area contributed by atoms with Gasteiger partial charge in [0.25, 0.3) is 0 Å². The summed E-state index contributed by atoms with van der Waals surface area (Å²) in [4.78, 5) is 0. The molecule has 72 valence electrons. The zero-order valence-electron chi connectivity index (χ0n) is 8.27. The van der Waals surface area contributed by atoms with Crippen molar-refractivity contribution in [3.63, 3.8) is 0 Å². The Morgan fingerprint density at radius 2 is 2.14 bits per heavy atom. The maximum atomic E-state index is 4.13. The number of fused-ring (bicyclic) bond motifs is 1. The molecule has 0 atom stereocenters. The van der Waals surface area contributed by atoms with E-state index in [0.29, 0.717) is 0 Å². The Morgan fingerprint density at radius 1 is 1.36 bits per heavy atom. The maximum absolute atomic E-state index is 4.13. The minimum atomic E-state index is 0.872. The van der Waals surface area contributed by atoms with Crippen molar-refractivity contribution in [2.75, 3.05) is 6.54 Å². The van der Waals surface area contributed by atoms with E-state index in [1.165, 1.54) is 0 Å². The van der Waals surface area contributed by atoms with Gasteiger partial charge in [0.05, 0.1) is 11.4 Å². The predicted molar refractivity (Wildman–Crippen MR) is 57.0 cm³/mol. The zero-order chi connectivity index (χ0) is 9.97. The van der Waals surface area contributed by atoms with E-state index in [0.717, 1.165) is 29.9 Å². The highest BCUT2D eigenvalue weighted by Crippen LogP contribution is 2.32. The molecule has 0 N–H and O–H groups in total. The molecule has 0 aromatic heterocycles. The van der Waals surface area contributed by atoms with Crippen LogP contribution in [0.15, 0.2) is 41.2 Å². The lowest BCUT2D eigenvalue weighted by molar-refractivity contribution is 0.390. The maximum Gasteiger partial charge on any atom is 0.0967 e. The SMILES string of the molecule is C=C1c2ccccc2N=NN1CCC. The van der Waals surface area contributed by atoms with Crippen LogP contribution in [0.25, 0.3) is 5.70 Å². The third-order valence-electron chi connectivity index (χ3n) is 2.22. The van der Waals surface area contributed by atoms with Crippen molar-refractivity contribution in [1.29, 1.82) is 0 Å². The standard InChI is InChI=1S/C11H13N3/c1-3-8-14-9(2)10-6-4-5-7-11(10)12-13-14/h4-7H,2-3,8H2,1H3. The van der Waals surface area contributed by atoms with Crippen molar-refractivity contribution in [2.45, 2.75) is 13.3 Å². The van der Waals surface area contributed by atoms with Crippen molar-refractivity contribution in [1.82, 2.24) is 5.01 Å². The fourth-order valence-electron chi connectivity index (χ4n) is 1.49. The van der Waals surface area contributed by atoms with Gasteiger partial charge in [-0.1, -0.05) is 36.9 Å². The first-order valence-corrected chi connectivity index (χ1v) is 4.80. The van der Waals surface area contributed by atoms with E-state index in [-0.39, 0.29) is 0 Å². The smallest absolute Gasteiger partial charge is 0.0967 e. The summed E-state index contributed by atoms with van der Waals surface area (Å²) in [6.07, 6.45) is 1.04. The molecule has 1 aliphatic rings. The number of nitrogens with zero attached hydrogens (tertiary/aromatic N) is 3. The molecule has 0 saturated carbocycles. The third-order valence-corrected chi connectivity index (χ3v) is 2.22. The van der Waals surface area contributed by atoms with Gasteiger partial charge in [0.1, 0.15) is 0 Å². The van der Waals surface area contributed by atoms with Crippen LogP contribution in [0.1, 0.15) is 18.9 Å². The molecular formula is C11H13N3. The largest absolute Gasteiger partial charge is 0.247 e. The third kappa shape index (κ3) is 1.41. The first-order chi connectivity index (χ1) is 6.83. The molecule has 1 aromatic carbocycles. The van der Waals surface area contributed by atoms with Crippen LogP contribution in [-0.2, 0) is 0 Å². The molecule has 0 aliphatic carbocycles. The van der Waals surface area contributed by atoms with E-state index in [4.69, 9.17) is 0 Å². The fourth-order valence-corrected chi connectivity index (χ4v) is 1.49. The molecule has 1 aliphatic heterocycles. The van der Waals surface area contributed by atoms with E-state index in [1.807, 2.05) is 29.3 Å². The van der Waals surface area contributed by atoms with Gasteiger partial charge in [-0.15, -0.1) is 5.11 Å².